The van der Waals surface area contributed by atoms with Crippen LogP contribution in [0.25, 0.3) is 11.0 Å². The molecule has 3 rings (SSSR count). The largest absolute Gasteiger partial charge is 0.494 e. The van der Waals surface area contributed by atoms with Gasteiger partial charge in [-0.2, -0.15) is 0 Å². The Morgan fingerprint density at radius 2 is 1.92 bits per heavy atom. The molecule has 0 fully saturated rings. The van der Waals surface area contributed by atoms with Crippen molar-refractivity contribution in [2.24, 2.45) is 0 Å². The number of rotatable bonds is 8. The summed E-state index contributed by atoms with van der Waals surface area (Å²) in [5, 5.41) is 27.4. The topological polar surface area (TPSA) is 115 Å². The van der Waals surface area contributed by atoms with Gasteiger partial charge in [0, 0.05) is 12.5 Å². The quantitative estimate of drug-likeness (QED) is 0.281. The zero-order chi connectivity index (χ0) is 18.5. The van der Waals surface area contributed by atoms with E-state index < -0.39 is 4.92 Å². The van der Waals surface area contributed by atoms with Gasteiger partial charge in [-0.3, -0.25) is 10.1 Å². The van der Waals surface area contributed by atoms with Gasteiger partial charge in [0.2, 0.25) is 5.52 Å². The van der Waals surface area contributed by atoms with Gasteiger partial charge in [0.1, 0.15) is 11.4 Å². The Hall–Kier alpha value is -3.27. The first-order valence-corrected chi connectivity index (χ1v) is 7.75. The number of ether oxygens (including phenoxy) is 1. The minimum absolute atomic E-state index is 0.00546. The molecule has 0 radical (unpaired) electrons. The van der Waals surface area contributed by atoms with E-state index in [2.05, 4.69) is 14.9 Å². The van der Waals surface area contributed by atoms with E-state index in [1.54, 1.807) is 24.3 Å². The van der Waals surface area contributed by atoms with Crippen molar-refractivity contribution in [1.82, 2.24) is 10.3 Å². The maximum atomic E-state index is 14.4. The van der Waals surface area contributed by atoms with E-state index in [9.17, 15) is 14.6 Å². The Morgan fingerprint density at radius 3 is 2.62 bits per heavy atom. The number of aliphatic hydroxyl groups is 1. The molecule has 1 N–H and O–H groups in total. The number of non-ortho nitro benzene ring substituents is 1. The third-order valence-electron chi connectivity index (χ3n) is 3.70. The fourth-order valence-electron chi connectivity index (χ4n) is 2.39. The van der Waals surface area contributed by atoms with Gasteiger partial charge < -0.3 is 9.84 Å². The van der Waals surface area contributed by atoms with Gasteiger partial charge in [0.25, 0.3) is 0 Å². The normalized spacial score (nSPS) is 10.8. The highest BCUT2D eigenvalue weighted by atomic mass is 19.2. The lowest BCUT2D eigenvalue weighted by molar-refractivity contribution is -0.383. The van der Waals surface area contributed by atoms with Crippen LogP contribution in [0.5, 0.6) is 5.75 Å². The van der Waals surface area contributed by atoms with E-state index in [4.69, 9.17) is 9.84 Å². The van der Waals surface area contributed by atoms with E-state index in [0.717, 1.165) is 11.6 Å². The molecule has 0 unspecified atom stereocenters. The van der Waals surface area contributed by atoms with Crippen molar-refractivity contribution in [2.45, 2.75) is 13.0 Å². The maximum absolute atomic E-state index is 14.4. The number of aliphatic hydroxyl groups excluding tert-OH is 1. The van der Waals surface area contributed by atoms with Crippen molar-refractivity contribution >= 4 is 22.4 Å². The molecule has 0 atom stereocenters. The summed E-state index contributed by atoms with van der Waals surface area (Å²) in [5.41, 5.74) is 0.403. The smallest absolute Gasteiger partial charge is 0.300 e. The molecule has 2 aromatic carbocycles. The minimum Gasteiger partial charge on any atom is -0.494 e. The maximum Gasteiger partial charge on any atom is 0.300 e. The fourth-order valence-corrected chi connectivity index (χ4v) is 2.39. The monoisotopic (exact) mass is 362 g/mol. The first kappa shape index (κ1) is 17.5. The molecule has 0 saturated carbocycles. The van der Waals surface area contributed by atoms with Crippen LogP contribution < -0.4 is 9.86 Å². The molecule has 0 amide bonds. The van der Waals surface area contributed by atoms with Gasteiger partial charge in [-0.05, 0) is 34.1 Å². The highest BCUT2D eigenvalue weighted by Gasteiger charge is 2.22. The summed E-state index contributed by atoms with van der Waals surface area (Å²) in [6, 6.07) is 9.34. The Bertz CT molecular complexity index is 899. The van der Waals surface area contributed by atoms with Gasteiger partial charge in [0.05, 0.1) is 24.7 Å². The number of hydrogen-bond acceptors (Lipinski definition) is 8. The average Bonchev–Trinajstić information content (AvgIpc) is 3.14. The van der Waals surface area contributed by atoms with E-state index in [-0.39, 0.29) is 42.2 Å². The summed E-state index contributed by atoms with van der Waals surface area (Å²) in [4.78, 5) is 10.3. The zero-order valence-corrected chi connectivity index (χ0v) is 13.5. The summed E-state index contributed by atoms with van der Waals surface area (Å²) in [6.45, 7) is 0.221. The Labute approximate surface area is 146 Å². The third-order valence-corrected chi connectivity index (χ3v) is 3.70. The van der Waals surface area contributed by atoms with Crippen LogP contribution in [0.1, 0.15) is 12.0 Å². The van der Waals surface area contributed by atoms with Crippen LogP contribution in [-0.2, 0) is 6.61 Å². The molecule has 0 aliphatic carbocycles. The second-order valence-electron chi connectivity index (χ2n) is 5.41. The average molecular weight is 362 g/mol. The lowest BCUT2D eigenvalue weighted by Gasteiger charge is -2.14. The molecule has 10 heteroatoms. The number of fused-ring (bicyclic) bond motifs is 1. The minimum atomic E-state index is -0.630. The number of nitro benzene ring substituents is 1. The van der Waals surface area contributed by atoms with Crippen LogP contribution in [0.15, 0.2) is 41.0 Å². The Kier molecular flexibility index (Phi) is 5.23. The molecule has 0 spiro atoms. The lowest BCUT2D eigenvalue weighted by atomic mass is 10.2. The SMILES string of the molecule is O=[N+]([O-])c1ccc(N(F)CCCOc2ccc(CO)cc2)c2nonc12. The Balaban J connectivity index is 1.59. The number of anilines is 1. The van der Waals surface area contributed by atoms with Crippen LogP contribution in [0, 0.1) is 10.1 Å². The molecular weight excluding hydrogens is 347 g/mol. The molecule has 3 aromatic rings. The number of hydrogen-bond donors (Lipinski definition) is 1. The van der Waals surface area contributed by atoms with Crippen molar-refractivity contribution in [3.63, 3.8) is 0 Å². The molecular formula is C16H15FN4O5. The van der Waals surface area contributed by atoms with Crippen LogP contribution >= 0.6 is 0 Å². The molecule has 1 heterocycles. The second-order valence-corrected chi connectivity index (χ2v) is 5.41. The molecule has 0 saturated heterocycles. The summed E-state index contributed by atoms with van der Waals surface area (Å²) < 4.78 is 24.4. The summed E-state index contributed by atoms with van der Waals surface area (Å²) in [5.74, 6) is 0.617. The van der Waals surface area contributed by atoms with Crippen LogP contribution in [0.3, 0.4) is 0 Å². The van der Waals surface area contributed by atoms with Crippen molar-refractivity contribution < 1.29 is 23.9 Å². The molecule has 136 valence electrons. The van der Waals surface area contributed by atoms with Gasteiger partial charge in [0.15, 0.2) is 5.52 Å². The molecule has 0 aliphatic heterocycles. The predicted octanol–water partition coefficient (Wildman–Crippen LogP) is 2.78. The van der Waals surface area contributed by atoms with E-state index in [1.807, 2.05) is 0 Å². The highest BCUT2D eigenvalue weighted by molar-refractivity contribution is 5.93. The molecule has 0 aliphatic rings. The first-order valence-electron chi connectivity index (χ1n) is 7.75. The van der Waals surface area contributed by atoms with Gasteiger partial charge in [-0.15, -0.1) is 0 Å². The molecule has 1 aromatic heterocycles. The van der Waals surface area contributed by atoms with Gasteiger partial charge in [-0.1, -0.05) is 16.6 Å². The van der Waals surface area contributed by atoms with Crippen LogP contribution in [-0.4, -0.2) is 33.5 Å². The summed E-state index contributed by atoms with van der Waals surface area (Å²) >= 11 is 0. The standard InChI is InChI=1S/C16H15FN4O5/c17-20(8-1-9-25-12-4-2-11(10-22)3-5-12)13-6-7-14(21(23)24)16-15(13)18-26-19-16/h2-7,22H,1,8-10H2. The molecule has 26 heavy (non-hydrogen) atoms. The van der Waals surface area contributed by atoms with Gasteiger partial charge >= 0.3 is 5.69 Å². The first-order chi connectivity index (χ1) is 12.6. The van der Waals surface area contributed by atoms with E-state index in [0.29, 0.717) is 17.3 Å². The van der Waals surface area contributed by atoms with E-state index >= 15 is 0 Å². The third kappa shape index (κ3) is 3.70. The molecule has 9 nitrogen and oxygen atoms in total. The highest BCUT2D eigenvalue weighted by Crippen LogP contribution is 2.31. The summed E-state index contributed by atoms with van der Waals surface area (Å²) in [6.07, 6.45) is 0.363. The van der Waals surface area contributed by atoms with Crippen molar-refractivity contribution in [2.75, 3.05) is 18.3 Å². The lowest BCUT2D eigenvalue weighted by Crippen LogP contribution is -2.16. The predicted molar refractivity (Wildman–Crippen MR) is 89.4 cm³/mol. The number of nitrogens with zero attached hydrogens (tertiary/aromatic N) is 4. The van der Waals surface area contributed by atoms with Crippen molar-refractivity contribution in [3.05, 3.63) is 52.1 Å². The fraction of sp³-hybridized carbons (Fsp3) is 0.250. The zero-order valence-electron chi connectivity index (χ0n) is 13.5. The van der Waals surface area contributed by atoms with Crippen LogP contribution in [0.2, 0.25) is 0 Å². The number of aromatic nitrogens is 2. The molecule has 0 bridgehead atoms. The van der Waals surface area contributed by atoms with Crippen LogP contribution in [0.4, 0.5) is 15.9 Å². The van der Waals surface area contributed by atoms with Gasteiger partial charge in [-0.25, -0.2) is 9.75 Å². The summed E-state index contributed by atoms with van der Waals surface area (Å²) in [7, 11) is 0. The van der Waals surface area contributed by atoms with E-state index in [1.165, 1.54) is 6.07 Å². The van der Waals surface area contributed by atoms with Crippen molar-refractivity contribution in [1.29, 1.82) is 0 Å². The number of nitro groups is 1. The number of benzene rings is 2. The van der Waals surface area contributed by atoms with Crippen molar-refractivity contribution in [3.8, 4) is 5.75 Å². The Morgan fingerprint density at radius 1 is 1.19 bits per heavy atom. The second kappa shape index (κ2) is 7.74. The number of halogens is 1.